The molecular weight excluding hydrogens is 272 g/mol. The highest BCUT2D eigenvalue weighted by Crippen LogP contribution is 2.27. The van der Waals surface area contributed by atoms with Crippen molar-refractivity contribution in [2.45, 2.75) is 72.8 Å². The van der Waals surface area contributed by atoms with Gasteiger partial charge in [-0.15, -0.1) is 0 Å². The van der Waals surface area contributed by atoms with Gasteiger partial charge in [0.25, 0.3) is 0 Å². The number of hydrogen-bond acceptors (Lipinski definition) is 3. The lowest BCUT2D eigenvalue weighted by Crippen LogP contribution is -2.46. The van der Waals surface area contributed by atoms with E-state index < -0.39 is 15.6 Å². The first-order chi connectivity index (χ1) is 8.97. The van der Waals surface area contributed by atoms with Crippen LogP contribution in [-0.4, -0.2) is 32.8 Å². The number of sulfonamides is 1. The first kappa shape index (κ1) is 19.9. The van der Waals surface area contributed by atoms with E-state index in [4.69, 9.17) is 0 Å². The van der Waals surface area contributed by atoms with Crippen molar-refractivity contribution in [3.05, 3.63) is 0 Å². The van der Waals surface area contributed by atoms with E-state index >= 15 is 0 Å². The highest BCUT2D eigenvalue weighted by Gasteiger charge is 2.29. The zero-order chi connectivity index (χ0) is 15.9. The van der Waals surface area contributed by atoms with Crippen molar-refractivity contribution in [1.82, 2.24) is 10.0 Å². The van der Waals surface area contributed by atoms with E-state index in [0.717, 1.165) is 32.4 Å². The van der Waals surface area contributed by atoms with E-state index in [-0.39, 0.29) is 11.2 Å². The standard InChI is InChI=1S/C15H34N2O2S/c1-7-10-16-11-8-9-12-20(18,19)17-15(5,6)13-14(2,3)4/h16-17H,7-13H2,1-6H3. The van der Waals surface area contributed by atoms with Crippen LogP contribution in [0.2, 0.25) is 0 Å². The predicted octanol–water partition coefficient (Wildman–Crippen LogP) is 2.90. The molecule has 0 aliphatic carbocycles. The number of nitrogens with one attached hydrogen (secondary N) is 2. The molecule has 0 rings (SSSR count). The van der Waals surface area contributed by atoms with Gasteiger partial charge in [0.05, 0.1) is 5.75 Å². The molecule has 0 aliphatic rings. The summed E-state index contributed by atoms with van der Waals surface area (Å²) in [6.45, 7) is 14.3. The highest BCUT2D eigenvalue weighted by molar-refractivity contribution is 7.89. The largest absolute Gasteiger partial charge is 0.317 e. The zero-order valence-electron chi connectivity index (χ0n) is 14.2. The SMILES string of the molecule is CCCNCCCCS(=O)(=O)NC(C)(C)CC(C)(C)C. The second-order valence-electron chi connectivity index (χ2n) is 7.50. The molecule has 2 N–H and O–H groups in total. The summed E-state index contributed by atoms with van der Waals surface area (Å²) in [5, 5.41) is 3.29. The maximum Gasteiger partial charge on any atom is 0.212 e. The third kappa shape index (κ3) is 11.7. The van der Waals surface area contributed by atoms with Crippen LogP contribution in [0.5, 0.6) is 0 Å². The molecule has 0 aromatic carbocycles. The molecule has 0 saturated carbocycles. The van der Waals surface area contributed by atoms with Crippen LogP contribution in [0.1, 0.15) is 67.2 Å². The predicted molar refractivity (Wildman–Crippen MR) is 87.5 cm³/mol. The molecule has 5 heteroatoms. The van der Waals surface area contributed by atoms with E-state index in [9.17, 15) is 8.42 Å². The van der Waals surface area contributed by atoms with Gasteiger partial charge in [-0.3, -0.25) is 0 Å². The Hall–Kier alpha value is -0.130. The molecule has 0 aliphatic heterocycles. The topological polar surface area (TPSA) is 58.2 Å². The Kier molecular flexibility index (Phi) is 8.29. The molecule has 20 heavy (non-hydrogen) atoms. The zero-order valence-corrected chi connectivity index (χ0v) is 15.0. The maximum atomic E-state index is 12.1. The Morgan fingerprint density at radius 3 is 2.05 bits per heavy atom. The summed E-state index contributed by atoms with van der Waals surface area (Å²) < 4.78 is 27.0. The average molecular weight is 307 g/mol. The molecule has 0 atom stereocenters. The molecule has 0 bridgehead atoms. The Morgan fingerprint density at radius 2 is 1.55 bits per heavy atom. The van der Waals surface area contributed by atoms with Gasteiger partial charge in [0.2, 0.25) is 10.0 Å². The van der Waals surface area contributed by atoms with Crippen LogP contribution >= 0.6 is 0 Å². The van der Waals surface area contributed by atoms with Gasteiger partial charge in [-0.1, -0.05) is 27.7 Å². The lowest BCUT2D eigenvalue weighted by atomic mass is 9.82. The van der Waals surface area contributed by atoms with Gasteiger partial charge >= 0.3 is 0 Å². The van der Waals surface area contributed by atoms with Gasteiger partial charge in [-0.2, -0.15) is 0 Å². The van der Waals surface area contributed by atoms with Gasteiger partial charge in [-0.25, -0.2) is 13.1 Å². The van der Waals surface area contributed by atoms with E-state index in [0.29, 0.717) is 6.42 Å². The molecule has 0 heterocycles. The molecule has 122 valence electrons. The summed E-state index contributed by atoms with van der Waals surface area (Å²) in [7, 11) is -3.18. The fraction of sp³-hybridized carbons (Fsp3) is 1.00. The van der Waals surface area contributed by atoms with Crippen LogP contribution in [0.15, 0.2) is 0 Å². The van der Waals surface area contributed by atoms with Crippen molar-refractivity contribution in [2.24, 2.45) is 5.41 Å². The van der Waals surface area contributed by atoms with Crippen molar-refractivity contribution < 1.29 is 8.42 Å². The second kappa shape index (κ2) is 8.35. The number of rotatable bonds is 10. The number of hydrogen-bond donors (Lipinski definition) is 2. The summed E-state index contributed by atoms with van der Waals surface area (Å²) in [5.41, 5.74) is -0.284. The van der Waals surface area contributed by atoms with E-state index in [1.54, 1.807) is 0 Å². The minimum Gasteiger partial charge on any atom is -0.317 e. The van der Waals surface area contributed by atoms with Crippen LogP contribution in [0.4, 0.5) is 0 Å². The van der Waals surface area contributed by atoms with Crippen molar-refractivity contribution >= 4 is 10.0 Å². The molecule has 0 amide bonds. The molecule has 0 aromatic rings. The van der Waals surface area contributed by atoms with Crippen LogP contribution in [-0.2, 0) is 10.0 Å². The molecule has 0 unspecified atom stereocenters. The van der Waals surface area contributed by atoms with Crippen LogP contribution < -0.4 is 10.0 Å². The lowest BCUT2D eigenvalue weighted by molar-refractivity contribution is 0.269. The first-order valence-corrected chi connectivity index (χ1v) is 9.35. The van der Waals surface area contributed by atoms with Crippen molar-refractivity contribution in [2.75, 3.05) is 18.8 Å². The van der Waals surface area contributed by atoms with Crippen molar-refractivity contribution in [1.29, 1.82) is 0 Å². The van der Waals surface area contributed by atoms with Crippen molar-refractivity contribution in [3.8, 4) is 0 Å². The first-order valence-electron chi connectivity index (χ1n) is 7.70. The highest BCUT2D eigenvalue weighted by atomic mass is 32.2. The third-order valence-corrected chi connectivity index (χ3v) is 4.54. The Bertz CT molecular complexity index is 357. The molecule has 0 fully saturated rings. The molecule has 4 nitrogen and oxygen atoms in total. The smallest absolute Gasteiger partial charge is 0.212 e. The van der Waals surface area contributed by atoms with E-state index in [1.807, 2.05) is 13.8 Å². The summed E-state index contributed by atoms with van der Waals surface area (Å²) in [5.74, 6) is 0.217. The fourth-order valence-corrected chi connectivity index (χ4v) is 4.28. The normalized spacial score (nSPS) is 13.7. The van der Waals surface area contributed by atoms with E-state index in [1.165, 1.54) is 0 Å². The third-order valence-electron chi connectivity index (χ3n) is 2.85. The monoisotopic (exact) mass is 306 g/mol. The van der Waals surface area contributed by atoms with Gasteiger partial charge in [-0.05, 0) is 58.0 Å². The summed E-state index contributed by atoms with van der Waals surface area (Å²) >= 11 is 0. The van der Waals surface area contributed by atoms with Gasteiger partial charge < -0.3 is 5.32 Å². The molecule has 0 spiro atoms. The molecular formula is C15H34N2O2S. The van der Waals surface area contributed by atoms with Crippen molar-refractivity contribution in [3.63, 3.8) is 0 Å². The van der Waals surface area contributed by atoms with Gasteiger partial charge in [0.1, 0.15) is 0 Å². The molecule has 0 aromatic heterocycles. The second-order valence-corrected chi connectivity index (χ2v) is 9.34. The lowest BCUT2D eigenvalue weighted by Gasteiger charge is -2.33. The Labute approximate surface area is 126 Å². The van der Waals surface area contributed by atoms with Crippen LogP contribution in [0.3, 0.4) is 0 Å². The molecule has 0 saturated heterocycles. The van der Waals surface area contributed by atoms with E-state index in [2.05, 4.69) is 37.7 Å². The summed E-state index contributed by atoms with van der Waals surface area (Å²) in [6.07, 6.45) is 3.54. The Morgan fingerprint density at radius 1 is 0.950 bits per heavy atom. The number of unbranched alkanes of at least 4 members (excludes halogenated alkanes) is 1. The molecule has 0 radical (unpaired) electrons. The summed E-state index contributed by atoms with van der Waals surface area (Å²) in [6, 6.07) is 0. The van der Waals surface area contributed by atoms with Crippen LogP contribution in [0, 0.1) is 5.41 Å². The van der Waals surface area contributed by atoms with Gasteiger partial charge in [0, 0.05) is 5.54 Å². The minimum atomic E-state index is -3.18. The van der Waals surface area contributed by atoms with Crippen LogP contribution in [0.25, 0.3) is 0 Å². The fourth-order valence-electron chi connectivity index (χ4n) is 2.68. The van der Waals surface area contributed by atoms with Gasteiger partial charge in [0.15, 0.2) is 0 Å². The minimum absolute atomic E-state index is 0.107. The summed E-state index contributed by atoms with van der Waals surface area (Å²) in [4.78, 5) is 0. The quantitative estimate of drug-likeness (QED) is 0.610. The average Bonchev–Trinajstić information content (AvgIpc) is 2.17. The Balaban J connectivity index is 4.12. The maximum absolute atomic E-state index is 12.1.